The van der Waals surface area contributed by atoms with Gasteiger partial charge in [-0.3, -0.25) is 19.2 Å². The maximum absolute atomic E-state index is 12.1. The monoisotopic (exact) mass is 328 g/mol. The van der Waals surface area contributed by atoms with E-state index in [4.69, 9.17) is 0 Å². The lowest BCUT2D eigenvalue weighted by Crippen LogP contribution is -2.49. The third kappa shape index (κ3) is 10.3. The van der Waals surface area contributed by atoms with Crippen molar-refractivity contribution in [1.82, 2.24) is 20.9 Å². The number of likely N-dealkylation sites (N-methyl/N-ethyl adjacent to an activating group) is 1. The number of unbranched alkanes of at least 4 members (excludes halogenated alkanes) is 1. The number of carbonyl (C=O) groups is 4. The first kappa shape index (κ1) is 20.9. The zero-order valence-corrected chi connectivity index (χ0v) is 14.2. The summed E-state index contributed by atoms with van der Waals surface area (Å²) in [6.45, 7) is 5.48. The third-order valence-electron chi connectivity index (χ3n) is 3.04. The average Bonchev–Trinajstić information content (AvgIpc) is 2.54. The van der Waals surface area contributed by atoms with Crippen LogP contribution in [0.4, 0.5) is 0 Å². The number of hydrogen-bond donors (Lipinski definition) is 3. The van der Waals surface area contributed by atoms with E-state index >= 15 is 0 Å². The zero-order chi connectivity index (χ0) is 17.7. The van der Waals surface area contributed by atoms with Crippen molar-refractivity contribution in [3.8, 4) is 0 Å². The quantitative estimate of drug-likeness (QED) is 0.454. The second kappa shape index (κ2) is 12.4. The van der Waals surface area contributed by atoms with E-state index in [1.807, 2.05) is 6.92 Å². The van der Waals surface area contributed by atoms with Gasteiger partial charge >= 0.3 is 0 Å². The largest absolute Gasteiger partial charge is 0.355 e. The van der Waals surface area contributed by atoms with Crippen LogP contribution in [0.25, 0.3) is 0 Å². The number of amides is 4. The first-order valence-electron chi connectivity index (χ1n) is 8.02. The molecule has 0 aromatic rings. The van der Waals surface area contributed by atoms with Crippen molar-refractivity contribution in [2.75, 3.05) is 26.3 Å². The molecule has 0 unspecified atom stereocenters. The van der Waals surface area contributed by atoms with Crippen molar-refractivity contribution >= 4 is 23.6 Å². The van der Waals surface area contributed by atoms with E-state index in [0.29, 0.717) is 13.0 Å². The molecule has 0 aromatic heterocycles. The molecule has 0 saturated heterocycles. The second-order valence-corrected chi connectivity index (χ2v) is 5.04. The smallest absolute Gasteiger partial charge is 0.243 e. The highest BCUT2D eigenvalue weighted by molar-refractivity contribution is 5.88. The normalized spacial score (nSPS) is 9.87. The van der Waals surface area contributed by atoms with Gasteiger partial charge in [-0.25, -0.2) is 0 Å². The minimum Gasteiger partial charge on any atom is -0.355 e. The van der Waals surface area contributed by atoms with Gasteiger partial charge in [0.25, 0.3) is 0 Å². The summed E-state index contributed by atoms with van der Waals surface area (Å²) in [5, 5.41) is 7.68. The molecule has 8 heteroatoms. The van der Waals surface area contributed by atoms with E-state index in [-0.39, 0.29) is 43.9 Å². The summed E-state index contributed by atoms with van der Waals surface area (Å²) in [4.78, 5) is 47.8. The van der Waals surface area contributed by atoms with E-state index < -0.39 is 5.91 Å². The maximum atomic E-state index is 12.1. The van der Waals surface area contributed by atoms with Gasteiger partial charge in [-0.1, -0.05) is 20.3 Å². The summed E-state index contributed by atoms with van der Waals surface area (Å²) in [7, 11) is 0. The predicted molar refractivity (Wildman–Crippen MR) is 86.2 cm³/mol. The summed E-state index contributed by atoms with van der Waals surface area (Å²) in [6.07, 6.45) is 2.31. The molecule has 4 amide bonds. The van der Waals surface area contributed by atoms with Crippen LogP contribution < -0.4 is 16.0 Å². The summed E-state index contributed by atoms with van der Waals surface area (Å²) >= 11 is 0. The Hall–Kier alpha value is -2.12. The highest BCUT2D eigenvalue weighted by atomic mass is 16.2. The number of nitrogens with one attached hydrogen (secondary N) is 3. The van der Waals surface area contributed by atoms with Crippen LogP contribution in [-0.2, 0) is 19.2 Å². The molecule has 0 radical (unpaired) electrons. The summed E-state index contributed by atoms with van der Waals surface area (Å²) < 4.78 is 0. The average molecular weight is 328 g/mol. The Morgan fingerprint density at radius 2 is 1.57 bits per heavy atom. The van der Waals surface area contributed by atoms with Crippen LogP contribution in [0, 0.1) is 0 Å². The van der Waals surface area contributed by atoms with Gasteiger partial charge in [0.05, 0.1) is 13.2 Å². The van der Waals surface area contributed by atoms with Gasteiger partial charge in [-0.05, 0) is 13.3 Å². The molecule has 0 bridgehead atoms. The van der Waals surface area contributed by atoms with Gasteiger partial charge < -0.3 is 20.9 Å². The van der Waals surface area contributed by atoms with E-state index in [1.54, 1.807) is 13.8 Å². The lowest BCUT2D eigenvalue weighted by molar-refractivity contribution is -0.137. The molecule has 0 saturated carbocycles. The number of hydrogen-bond acceptors (Lipinski definition) is 4. The summed E-state index contributed by atoms with van der Waals surface area (Å²) in [5.41, 5.74) is 0. The van der Waals surface area contributed by atoms with Gasteiger partial charge in [0.2, 0.25) is 23.6 Å². The number of nitrogens with zero attached hydrogens (tertiary/aromatic N) is 1. The standard InChI is InChI=1S/C15H28N4O4/c1-4-7-8-13(21)17-9-15(23)19(10-14(22)16-6-3)11-18-12(20)5-2/h4-11H2,1-3H3,(H,16,22)(H,17,21)(H,18,20). The number of carbonyl (C=O) groups excluding carboxylic acids is 4. The van der Waals surface area contributed by atoms with Crippen molar-refractivity contribution < 1.29 is 19.2 Å². The molecule has 0 heterocycles. The van der Waals surface area contributed by atoms with Crippen molar-refractivity contribution in [2.45, 2.75) is 46.5 Å². The van der Waals surface area contributed by atoms with E-state index in [2.05, 4.69) is 16.0 Å². The summed E-state index contributed by atoms with van der Waals surface area (Å²) in [6, 6.07) is 0. The Labute approximate surface area is 137 Å². The van der Waals surface area contributed by atoms with Crippen LogP contribution in [0.5, 0.6) is 0 Å². The van der Waals surface area contributed by atoms with E-state index in [1.165, 1.54) is 4.90 Å². The Kier molecular flexibility index (Phi) is 11.3. The Morgan fingerprint density at radius 3 is 2.13 bits per heavy atom. The number of rotatable bonds is 11. The van der Waals surface area contributed by atoms with Gasteiger partial charge in [0, 0.05) is 19.4 Å². The van der Waals surface area contributed by atoms with Crippen LogP contribution in [0.2, 0.25) is 0 Å². The molecule has 0 aromatic carbocycles. The lowest BCUT2D eigenvalue weighted by atomic mass is 10.2. The first-order valence-corrected chi connectivity index (χ1v) is 8.02. The van der Waals surface area contributed by atoms with Crippen LogP contribution in [0.1, 0.15) is 46.5 Å². The van der Waals surface area contributed by atoms with Gasteiger partial charge in [0.1, 0.15) is 6.54 Å². The van der Waals surface area contributed by atoms with Crippen LogP contribution in [0.3, 0.4) is 0 Å². The molecule has 8 nitrogen and oxygen atoms in total. The zero-order valence-electron chi connectivity index (χ0n) is 14.2. The Morgan fingerprint density at radius 1 is 0.870 bits per heavy atom. The Bertz CT molecular complexity index is 412. The molecule has 0 fully saturated rings. The molecular weight excluding hydrogens is 300 g/mol. The molecule has 3 N–H and O–H groups in total. The minimum absolute atomic E-state index is 0.0620. The molecule has 132 valence electrons. The summed E-state index contributed by atoms with van der Waals surface area (Å²) in [5.74, 6) is -1.15. The van der Waals surface area contributed by atoms with Crippen molar-refractivity contribution in [2.24, 2.45) is 0 Å². The van der Waals surface area contributed by atoms with Crippen LogP contribution in [0.15, 0.2) is 0 Å². The van der Waals surface area contributed by atoms with E-state index in [9.17, 15) is 19.2 Å². The minimum atomic E-state index is -0.419. The fraction of sp³-hybridized carbons (Fsp3) is 0.733. The maximum Gasteiger partial charge on any atom is 0.243 e. The molecule has 0 rings (SSSR count). The third-order valence-corrected chi connectivity index (χ3v) is 3.04. The Balaban J connectivity index is 4.50. The molecule has 0 aliphatic rings. The van der Waals surface area contributed by atoms with Crippen molar-refractivity contribution in [3.63, 3.8) is 0 Å². The highest BCUT2D eigenvalue weighted by Gasteiger charge is 2.18. The fourth-order valence-corrected chi connectivity index (χ4v) is 1.68. The van der Waals surface area contributed by atoms with E-state index in [0.717, 1.165) is 12.8 Å². The van der Waals surface area contributed by atoms with Gasteiger partial charge in [-0.15, -0.1) is 0 Å². The molecule has 0 aliphatic carbocycles. The van der Waals surface area contributed by atoms with Crippen molar-refractivity contribution in [3.05, 3.63) is 0 Å². The first-order chi connectivity index (χ1) is 10.9. The molecular formula is C15H28N4O4. The second-order valence-electron chi connectivity index (χ2n) is 5.04. The lowest BCUT2D eigenvalue weighted by Gasteiger charge is -2.22. The van der Waals surface area contributed by atoms with Crippen LogP contribution in [-0.4, -0.2) is 54.8 Å². The van der Waals surface area contributed by atoms with Crippen LogP contribution >= 0.6 is 0 Å². The molecule has 0 atom stereocenters. The molecule has 0 aliphatic heterocycles. The topological polar surface area (TPSA) is 108 Å². The molecule has 23 heavy (non-hydrogen) atoms. The predicted octanol–water partition coefficient (Wildman–Crippen LogP) is -0.259. The van der Waals surface area contributed by atoms with Gasteiger partial charge in [0.15, 0.2) is 0 Å². The van der Waals surface area contributed by atoms with Gasteiger partial charge in [-0.2, -0.15) is 0 Å². The molecule has 0 spiro atoms. The fourth-order valence-electron chi connectivity index (χ4n) is 1.68. The SMILES string of the molecule is CCCCC(=O)NCC(=O)N(CNC(=O)CC)CC(=O)NCC. The highest BCUT2D eigenvalue weighted by Crippen LogP contribution is 1.94. The van der Waals surface area contributed by atoms with Crippen molar-refractivity contribution in [1.29, 1.82) is 0 Å².